The third-order valence-corrected chi connectivity index (χ3v) is 4.69. The van der Waals surface area contributed by atoms with Crippen LogP contribution in [0.15, 0.2) is 0 Å². The summed E-state index contributed by atoms with van der Waals surface area (Å²) in [5.74, 6) is 0.713. The molecule has 0 aromatic heterocycles. The van der Waals surface area contributed by atoms with Gasteiger partial charge in [-0.25, -0.2) is 4.79 Å². The number of amides is 2. The lowest BCUT2D eigenvalue weighted by Gasteiger charge is -2.27. The van der Waals surface area contributed by atoms with Crippen LogP contribution in [0.2, 0.25) is 0 Å². The molecule has 2 N–H and O–H groups in total. The molecule has 2 rings (SSSR count). The van der Waals surface area contributed by atoms with E-state index in [1.165, 1.54) is 25.7 Å². The van der Waals surface area contributed by atoms with Crippen LogP contribution in [0.4, 0.5) is 4.79 Å². The molecule has 0 radical (unpaired) electrons. The van der Waals surface area contributed by atoms with E-state index in [1.807, 2.05) is 0 Å². The van der Waals surface area contributed by atoms with E-state index in [-0.39, 0.29) is 18.5 Å². The van der Waals surface area contributed by atoms with E-state index in [9.17, 15) is 9.59 Å². The number of carboxylic acids is 1. The van der Waals surface area contributed by atoms with Gasteiger partial charge in [-0.15, -0.1) is 0 Å². The van der Waals surface area contributed by atoms with Crippen molar-refractivity contribution < 1.29 is 14.7 Å². The van der Waals surface area contributed by atoms with Gasteiger partial charge < -0.3 is 15.3 Å². The number of urea groups is 1. The fourth-order valence-corrected chi connectivity index (χ4v) is 3.36. The molecular weight excluding hydrogens is 268 g/mol. The Hall–Kier alpha value is -1.26. The highest BCUT2D eigenvalue weighted by atomic mass is 16.4. The highest BCUT2D eigenvalue weighted by molar-refractivity contribution is 5.76. The fraction of sp³-hybridized carbons (Fsp3) is 0.875. The second-order valence-corrected chi connectivity index (χ2v) is 6.73. The highest BCUT2D eigenvalue weighted by Gasteiger charge is 2.32. The zero-order valence-electron chi connectivity index (χ0n) is 13.0. The van der Waals surface area contributed by atoms with Gasteiger partial charge in [0.15, 0.2) is 0 Å². The molecule has 0 aromatic rings. The summed E-state index contributed by atoms with van der Waals surface area (Å²) < 4.78 is 0. The molecule has 2 fully saturated rings. The number of rotatable bonds is 7. The molecule has 2 unspecified atom stereocenters. The Labute approximate surface area is 127 Å². The van der Waals surface area contributed by atoms with Gasteiger partial charge in [-0.3, -0.25) is 4.79 Å². The molecule has 2 atom stereocenters. The Bertz CT molecular complexity index is 369. The molecule has 5 nitrogen and oxygen atoms in total. The largest absolute Gasteiger partial charge is 0.481 e. The van der Waals surface area contributed by atoms with Crippen LogP contribution in [0.25, 0.3) is 0 Å². The van der Waals surface area contributed by atoms with Gasteiger partial charge in [0.05, 0.1) is 6.42 Å². The molecule has 2 saturated carbocycles. The topological polar surface area (TPSA) is 69.6 Å². The van der Waals surface area contributed by atoms with Crippen molar-refractivity contribution in [1.82, 2.24) is 10.2 Å². The van der Waals surface area contributed by atoms with Crippen LogP contribution in [0.1, 0.15) is 58.3 Å². The van der Waals surface area contributed by atoms with Crippen molar-refractivity contribution in [2.24, 2.45) is 11.8 Å². The molecule has 120 valence electrons. The molecule has 2 aliphatic carbocycles. The van der Waals surface area contributed by atoms with Crippen molar-refractivity contribution in [1.29, 1.82) is 0 Å². The van der Waals surface area contributed by atoms with Crippen LogP contribution < -0.4 is 5.32 Å². The molecule has 0 bridgehead atoms. The van der Waals surface area contributed by atoms with Gasteiger partial charge >= 0.3 is 12.0 Å². The maximum Gasteiger partial charge on any atom is 0.317 e. The minimum absolute atomic E-state index is 0.0318. The molecule has 0 saturated heterocycles. The van der Waals surface area contributed by atoms with Gasteiger partial charge in [0.1, 0.15) is 0 Å². The van der Waals surface area contributed by atoms with Crippen molar-refractivity contribution in [2.45, 2.75) is 64.3 Å². The van der Waals surface area contributed by atoms with Gasteiger partial charge in [-0.2, -0.15) is 0 Å². The molecule has 2 aliphatic rings. The molecule has 0 spiro atoms. The van der Waals surface area contributed by atoms with Gasteiger partial charge in [-0.05, 0) is 37.5 Å². The van der Waals surface area contributed by atoms with E-state index in [2.05, 4.69) is 12.2 Å². The third-order valence-electron chi connectivity index (χ3n) is 4.69. The lowest BCUT2D eigenvalue weighted by Crippen LogP contribution is -2.43. The number of hydrogen-bond donors (Lipinski definition) is 2. The predicted octanol–water partition coefficient (Wildman–Crippen LogP) is 2.85. The van der Waals surface area contributed by atoms with Crippen LogP contribution in [0.5, 0.6) is 0 Å². The Balaban J connectivity index is 1.68. The Morgan fingerprint density at radius 3 is 2.62 bits per heavy atom. The predicted molar refractivity (Wildman–Crippen MR) is 81.1 cm³/mol. The summed E-state index contributed by atoms with van der Waals surface area (Å²) in [6, 6.07) is 0.182. The molecule has 5 heteroatoms. The number of aliphatic carboxylic acids is 1. The Morgan fingerprint density at radius 1 is 1.24 bits per heavy atom. The van der Waals surface area contributed by atoms with E-state index >= 15 is 0 Å². The standard InChI is InChI=1S/C16H28N2O3/c1-12-3-2-4-13(11-12)7-9-17-16(21)18(14-5-6-14)10-8-15(19)20/h12-14H,2-11H2,1H3,(H,17,21)(H,19,20). The number of nitrogens with zero attached hydrogens (tertiary/aromatic N) is 1. The van der Waals surface area contributed by atoms with Crippen LogP contribution in [-0.2, 0) is 4.79 Å². The van der Waals surface area contributed by atoms with Crippen LogP contribution in [-0.4, -0.2) is 41.1 Å². The van der Waals surface area contributed by atoms with Gasteiger partial charge in [-0.1, -0.05) is 26.2 Å². The summed E-state index contributed by atoms with van der Waals surface area (Å²) in [7, 11) is 0. The average molecular weight is 296 g/mol. The monoisotopic (exact) mass is 296 g/mol. The second-order valence-electron chi connectivity index (χ2n) is 6.73. The van der Waals surface area contributed by atoms with Crippen molar-refractivity contribution >= 4 is 12.0 Å². The Morgan fingerprint density at radius 2 is 2.00 bits per heavy atom. The van der Waals surface area contributed by atoms with Crippen LogP contribution in [0.3, 0.4) is 0 Å². The number of hydrogen-bond acceptors (Lipinski definition) is 2. The van der Waals surface area contributed by atoms with E-state index in [0.717, 1.165) is 31.1 Å². The first-order valence-corrected chi connectivity index (χ1v) is 8.32. The summed E-state index contributed by atoms with van der Waals surface area (Å²) in [5.41, 5.74) is 0. The van der Waals surface area contributed by atoms with Gasteiger partial charge in [0.25, 0.3) is 0 Å². The van der Waals surface area contributed by atoms with E-state index in [1.54, 1.807) is 4.90 Å². The first kappa shape index (κ1) is 16.1. The number of carbonyl (C=O) groups is 2. The molecular formula is C16H28N2O3. The molecule has 0 aliphatic heterocycles. The molecule has 21 heavy (non-hydrogen) atoms. The first-order valence-electron chi connectivity index (χ1n) is 8.32. The van der Waals surface area contributed by atoms with Gasteiger partial charge in [0.2, 0.25) is 0 Å². The number of carbonyl (C=O) groups excluding carboxylic acids is 1. The van der Waals surface area contributed by atoms with Crippen molar-refractivity contribution in [2.75, 3.05) is 13.1 Å². The smallest absolute Gasteiger partial charge is 0.317 e. The quantitative estimate of drug-likeness (QED) is 0.759. The maximum absolute atomic E-state index is 12.2. The zero-order valence-corrected chi connectivity index (χ0v) is 13.0. The minimum atomic E-state index is -0.843. The molecule has 2 amide bonds. The number of nitrogens with one attached hydrogen (secondary N) is 1. The summed E-state index contributed by atoms with van der Waals surface area (Å²) in [6.45, 7) is 3.35. The van der Waals surface area contributed by atoms with E-state index in [4.69, 9.17) is 5.11 Å². The third kappa shape index (κ3) is 5.56. The summed E-state index contributed by atoms with van der Waals surface area (Å²) in [5, 5.41) is 11.7. The highest BCUT2D eigenvalue weighted by Crippen LogP contribution is 2.30. The average Bonchev–Trinajstić information content (AvgIpc) is 3.23. The van der Waals surface area contributed by atoms with E-state index in [0.29, 0.717) is 13.1 Å². The zero-order chi connectivity index (χ0) is 15.2. The lowest BCUT2D eigenvalue weighted by atomic mass is 9.81. The Kier molecular flexibility index (Phi) is 5.88. The normalized spacial score (nSPS) is 25.4. The number of carboxylic acid groups (broad SMARTS) is 1. The van der Waals surface area contributed by atoms with Gasteiger partial charge in [0, 0.05) is 19.1 Å². The molecule has 0 heterocycles. The van der Waals surface area contributed by atoms with Crippen LogP contribution >= 0.6 is 0 Å². The fourth-order valence-electron chi connectivity index (χ4n) is 3.36. The summed E-state index contributed by atoms with van der Waals surface area (Å²) in [6.07, 6.45) is 8.31. The van der Waals surface area contributed by atoms with Crippen molar-refractivity contribution in [3.8, 4) is 0 Å². The first-order chi connectivity index (χ1) is 10.1. The van der Waals surface area contributed by atoms with Crippen molar-refractivity contribution in [3.05, 3.63) is 0 Å². The summed E-state index contributed by atoms with van der Waals surface area (Å²) >= 11 is 0. The van der Waals surface area contributed by atoms with Crippen molar-refractivity contribution in [3.63, 3.8) is 0 Å². The SMILES string of the molecule is CC1CCCC(CCNC(=O)N(CCC(=O)O)C2CC2)C1. The lowest BCUT2D eigenvalue weighted by molar-refractivity contribution is -0.137. The van der Waals surface area contributed by atoms with E-state index < -0.39 is 5.97 Å². The minimum Gasteiger partial charge on any atom is -0.481 e. The van der Waals surface area contributed by atoms with Crippen LogP contribution in [0, 0.1) is 11.8 Å². The summed E-state index contributed by atoms with van der Waals surface area (Å²) in [4.78, 5) is 24.5. The maximum atomic E-state index is 12.2. The second kappa shape index (κ2) is 7.66. The molecule has 0 aromatic carbocycles.